The van der Waals surface area contributed by atoms with E-state index in [4.69, 9.17) is 0 Å². The molecule has 0 aromatic carbocycles. The molecule has 5 heteroatoms. The van der Waals surface area contributed by atoms with Crippen LogP contribution in [0.2, 0.25) is 0 Å². The zero-order valence-corrected chi connectivity index (χ0v) is 12.5. The largest absolute Gasteiger partial charge is 0.372 e. The van der Waals surface area contributed by atoms with Crippen LogP contribution in [0.25, 0.3) is 0 Å². The first-order chi connectivity index (χ1) is 9.62. The zero-order chi connectivity index (χ0) is 15.0. The SMILES string of the molecule is CCCCC(CC)CNC(=O)c1cc(F)cnc1NC. The summed E-state index contributed by atoms with van der Waals surface area (Å²) >= 11 is 0. The summed E-state index contributed by atoms with van der Waals surface area (Å²) in [6.45, 7) is 4.90. The zero-order valence-electron chi connectivity index (χ0n) is 12.5. The molecule has 1 heterocycles. The second kappa shape index (κ2) is 8.51. The quantitative estimate of drug-likeness (QED) is 0.769. The van der Waals surface area contributed by atoms with Crippen molar-refractivity contribution in [2.24, 2.45) is 5.92 Å². The number of pyridine rings is 1. The second-order valence-corrected chi connectivity index (χ2v) is 4.93. The molecule has 20 heavy (non-hydrogen) atoms. The fraction of sp³-hybridized carbons (Fsp3) is 0.600. The van der Waals surface area contributed by atoms with E-state index in [1.54, 1.807) is 7.05 Å². The summed E-state index contributed by atoms with van der Waals surface area (Å²) in [6, 6.07) is 1.21. The molecule has 0 spiro atoms. The normalized spacial score (nSPS) is 12.0. The number of aromatic nitrogens is 1. The van der Waals surface area contributed by atoms with E-state index in [0.29, 0.717) is 18.3 Å². The van der Waals surface area contributed by atoms with Crippen molar-refractivity contribution in [1.29, 1.82) is 0 Å². The van der Waals surface area contributed by atoms with Crippen molar-refractivity contribution in [3.63, 3.8) is 0 Å². The lowest BCUT2D eigenvalue weighted by Gasteiger charge is -2.16. The molecule has 0 fully saturated rings. The van der Waals surface area contributed by atoms with E-state index in [9.17, 15) is 9.18 Å². The second-order valence-electron chi connectivity index (χ2n) is 4.93. The van der Waals surface area contributed by atoms with Gasteiger partial charge in [-0.15, -0.1) is 0 Å². The molecule has 1 unspecified atom stereocenters. The maximum absolute atomic E-state index is 13.2. The number of carbonyl (C=O) groups excluding carboxylic acids is 1. The highest BCUT2D eigenvalue weighted by Crippen LogP contribution is 2.14. The van der Waals surface area contributed by atoms with Gasteiger partial charge in [0.25, 0.3) is 5.91 Å². The van der Waals surface area contributed by atoms with Crippen molar-refractivity contribution in [3.8, 4) is 0 Å². The molecule has 0 saturated carbocycles. The summed E-state index contributed by atoms with van der Waals surface area (Å²) in [4.78, 5) is 16.0. The predicted molar refractivity (Wildman–Crippen MR) is 79.4 cm³/mol. The molecule has 4 nitrogen and oxygen atoms in total. The first-order valence-electron chi connectivity index (χ1n) is 7.23. The monoisotopic (exact) mass is 281 g/mol. The molecule has 0 aliphatic heterocycles. The Bertz CT molecular complexity index is 437. The highest BCUT2D eigenvalue weighted by atomic mass is 19.1. The predicted octanol–water partition coefficient (Wildman–Crippen LogP) is 3.21. The van der Waals surface area contributed by atoms with E-state index in [1.807, 2.05) is 0 Å². The average molecular weight is 281 g/mol. The minimum Gasteiger partial charge on any atom is -0.372 e. The van der Waals surface area contributed by atoms with Crippen molar-refractivity contribution in [1.82, 2.24) is 10.3 Å². The number of halogens is 1. The average Bonchev–Trinajstić information content (AvgIpc) is 2.47. The molecule has 1 atom stereocenters. The van der Waals surface area contributed by atoms with Crippen molar-refractivity contribution in [2.75, 3.05) is 18.9 Å². The molecular weight excluding hydrogens is 257 g/mol. The van der Waals surface area contributed by atoms with E-state index in [0.717, 1.165) is 31.9 Å². The Morgan fingerprint density at radius 2 is 2.20 bits per heavy atom. The lowest BCUT2D eigenvalue weighted by atomic mass is 9.99. The molecule has 0 aliphatic carbocycles. The number of amides is 1. The number of carbonyl (C=O) groups is 1. The fourth-order valence-electron chi connectivity index (χ4n) is 2.09. The molecule has 0 saturated heterocycles. The summed E-state index contributed by atoms with van der Waals surface area (Å²) in [6.07, 6.45) is 5.55. The Morgan fingerprint density at radius 1 is 1.45 bits per heavy atom. The molecule has 1 aromatic heterocycles. The van der Waals surface area contributed by atoms with Gasteiger partial charge in [0.15, 0.2) is 0 Å². The number of hydrogen-bond donors (Lipinski definition) is 2. The molecule has 112 valence electrons. The first-order valence-corrected chi connectivity index (χ1v) is 7.23. The van der Waals surface area contributed by atoms with Crippen LogP contribution in [0.1, 0.15) is 49.9 Å². The van der Waals surface area contributed by atoms with Gasteiger partial charge in [0.1, 0.15) is 11.6 Å². The summed E-state index contributed by atoms with van der Waals surface area (Å²) in [5, 5.41) is 5.68. The number of hydrogen-bond acceptors (Lipinski definition) is 3. The molecule has 1 amide bonds. The summed E-state index contributed by atoms with van der Waals surface area (Å²) in [5.41, 5.74) is 0.248. The topological polar surface area (TPSA) is 54.0 Å². The lowest BCUT2D eigenvalue weighted by molar-refractivity contribution is 0.0946. The number of nitrogens with zero attached hydrogens (tertiary/aromatic N) is 1. The highest BCUT2D eigenvalue weighted by Gasteiger charge is 2.14. The summed E-state index contributed by atoms with van der Waals surface area (Å²) < 4.78 is 13.2. The fourth-order valence-corrected chi connectivity index (χ4v) is 2.09. The van der Waals surface area contributed by atoms with Crippen LogP contribution in [0, 0.1) is 11.7 Å². The van der Waals surface area contributed by atoms with Gasteiger partial charge in [0.2, 0.25) is 0 Å². The van der Waals surface area contributed by atoms with E-state index < -0.39 is 5.82 Å². The minimum absolute atomic E-state index is 0.248. The molecule has 1 rings (SSSR count). The van der Waals surface area contributed by atoms with Crippen molar-refractivity contribution >= 4 is 11.7 Å². The van der Waals surface area contributed by atoms with Gasteiger partial charge in [0, 0.05) is 13.6 Å². The third kappa shape index (κ3) is 4.79. The third-order valence-electron chi connectivity index (χ3n) is 3.43. The molecular formula is C15H24FN3O. The maximum Gasteiger partial charge on any atom is 0.255 e. The van der Waals surface area contributed by atoms with Gasteiger partial charge in [0.05, 0.1) is 11.8 Å². The van der Waals surface area contributed by atoms with E-state index in [2.05, 4.69) is 29.5 Å². The van der Waals surface area contributed by atoms with Gasteiger partial charge in [-0.25, -0.2) is 9.37 Å². The summed E-state index contributed by atoms with van der Waals surface area (Å²) in [5.74, 6) is 0.0763. The molecule has 0 aliphatic rings. The summed E-state index contributed by atoms with van der Waals surface area (Å²) in [7, 11) is 1.66. The van der Waals surface area contributed by atoms with E-state index >= 15 is 0 Å². The Balaban J connectivity index is 2.64. The van der Waals surface area contributed by atoms with Crippen LogP contribution in [0.15, 0.2) is 12.3 Å². The Morgan fingerprint density at radius 3 is 2.80 bits per heavy atom. The van der Waals surface area contributed by atoms with Gasteiger partial charge in [-0.1, -0.05) is 33.1 Å². The van der Waals surface area contributed by atoms with Crippen LogP contribution in [0.4, 0.5) is 10.2 Å². The van der Waals surface area contributed by atoms with Crippen LogP contribution in [-0.2, 0) is 0 Å². The standard InChI is InChI=1S/C15H24FN3O/c1-4-6-7-11(5-2)9-19-15(20)13-8-12(16)10-18-14(13)17-3/h8,10-11H,4-7,9H2,1-3H3,(H,17,18)(H,19,20). The van der Waals surface area contributed by atoms with Crippen molar-refractivity contribution in [2.45, 2.75) is 39.5 Å². The molecule has 2 N–H and O–H groups in total. The Labute approximate surface area is 120 Å². The maximum atomic E-state index is 13.2. The Kier molecular flexibility index (Phi) is 6.98. The van der Waals surface area contributed by atoms with Crippen LogP contribution < -0.4 is 10.6 Å². The van der Waals surface area contributed by atoms with Gasteiger partial charge in [-0.2, -0.15) is 0 Å². The van der Waals surface area contributed by atoms with E-state index in [1.165, 1.54) is 6.07 Å². The molecule has 1 aromatic rings. The smallest absolute Gasteiger partial charge is 0.255 e. The minimum atomic E-state index is -0.507. The molecule has 0 radical (unpaired) electrons. The van der Waals surface area contributed by atoms with Gasteiger partial charge >= 0.3 is 0 Å². The number of unbranched alkanes of at least 4 members (excludes halogenated alkanes) is 1. The van der Waals surface area contributed by atoms with Crippen molar-refractivity contribution < 1.29 is 9.18 Å². The lowest BCUT2D eigenvalue weighted by Crippen LogP contribution is -2.30. The number of nitrogens with one attached hydrogen (secondary N) is 2. The van der Waals surface area contributed by atoms with Gasteiger partial charge in [-0.05, 0) is 18.4 Å². The van der Waals surface area contributed by atoms with Crippen LogP contribution in [0.3, 0.4) is 0 Å². The number of anilines is 1. The van der Waals surface area contributed by atoms with Gasteiger partial charge in [-0.3, -0.25) is 4.79 Å². The van der Waals surface area contributed by atoms with Crippen LogP contribution in [0.5, 0.6) is 0 Å². The van der Waals surface area contributed by atoms with Crippen molar-refractivity contribution in [3.05, 3.63) is 23.6 Å². The van der Waals surface area contributed by atoms with Crippen LogP contribution in [-0.4, -0.2) is 24.5 Å². The molecule has 0 bridgehead atoms. The Hall–Kier alpha value is -1.65. The highest BCUT2D eigenvalue weighted by molar-refractivity contribution is 5.98. The third-order valence-corrected chi connectivity index (χ3v) is 3.43. The van der Waals surface area contributed by atoms with E-state index in [-0.39, 0.29) is 11.5 Å². The van der Waals surface area contributed by atoms with Gasteiger partial charge < -0.3 is 10.6 Å². The van der Waals surface area contributed by atoms with Crippen LogP contribution >= 0.6 is 0 Å². The first kappa shape index (κ1) is 16.4. The number of rotatable bonds is 8.